The topological polar surface area (TPSA) is 33.1 Å². The van der Waals surface area contributed by atoms with Gasteiger partial charge in [-0.15, -0.1) is 0 Å². The maximum Gasteiger partial charge on any atom is 0.174 e. The van der Waals surface area contributed by atoms with E-state index in [0.717, 1.165) is 22.9 Å². The summed E-state index contributed by atoms with van der Waals surface area (Å²) in [5.74, 6) is 0. The van der Waals surface area contributed by atoms with Crippen molar-refractivity contribution < 1.29 is 0 Å². The second-order valence-corrected chi connectivity index (χ2v) is 8.73. The predicted molar refractivity (Wildman–Crippen MR) is 126 cm³/mol. The van der Waals surface area contributed by atoms with Crippen molar-refractivity contribution in [3.05, 3.63) is 83.9 Å². The number of rotatable bonds is 5. The van der Waals surface area contributed by atoms with Gasteiger partial charge in [-0.3, -0.25) is 4.98 Å². The van der Waals surface area contributed by atoms with Crippen molar-refractivity contribution >= 4 is 23.0 Å². The van der Waals surface area contributed by atoms with E-state index in [0.29, 0.717) is 6.04 Å². The lowest BCUT2D eigenvalue weighted by molar-refractivity contribution is 0.515. The average Bonchev–Trinajstić information content (AvgIpc) is 3.54. The quantitative estimate of drug-likeness (QED) is 0.538. The summed E-state index contributed by atoms with van der Waals surface area (Å²) in [6.07, 6.45) is 12.7. The molecule has 0 unspecified atom stereocenters. The first-order valence-electron chi connectivity index (χ1n) is 11.0. The molecule has 1 aliphatic carbocycles. The number of thiocarbonyl (C=S) groups is 1. The van der Waals surface area contributed by atoms with Gasteiger partial charge in [0.15, 0.2) is 5.11 Å². The molecule has 0 amide bonds. The molecule has 1 saturated heterocycles. The maximum atomic E-state index is 5.83. The number of hydrogen-bond acceptors (Lipinski definition) is 2. The molecule has 3 heterocycles. The van der Waals surface area contributed by atoms with Crippen molar-refractivity contribution in [2.45, 2.75) is 57.2 Å². The first-order chi connectivity index (χ1) is 14.7. The summed E-state index contributed by atoms with van der Waals surface area (Å²) in [5.41, 5.74) is 4.76. The third kappa shape index (κ3) is 3.52. The van der Waals surface area contributed by atoms with Crippen molar-refractivity contribution in [1.82, 2.24) is 14.9 Å². The van der Waals surface area contributed by atoms with Gasteiger partial charge in [-0.05, 0) is 72.9 Å². The van der Waals surface area contributed by atoms with Gasteiger partial charge in [-0.1, -0.05) is 38.0 Å². The molecule has 4 nitrogen and oxygen atoms in total. The molecule has 2 aliphatic rings. The van der Waals surface area contributed by atoms with Gasteiger partial charge in [-0.25, -0.2) is 0 Å². The van der Waals surface area contributed by atoms with Crippen LogP contribution in [0.4, 0.5) is 5.69 Å². The Hall–Kier alpha value is -2.66. The summed E-state index contributed by atoms with van der Waals surface area (Å²) >= 11 is 5.83. The molecule has 1 aromatic carbocycles. The van der Waals surface area contributed by atoms with Crippen molar-refractivity contribution in [2.75, 3.05) is 4.90 Å². The second kappa shape index (κ2) is 8.23. The number of benzene rings is 1. The molecular weight excluding hydrogens is 388 g/mol. The van der Waals surface area contributed by atoms with Gasteiger partial charge in [0.25, 0.3) is 0 Å². The minimum Gasteiger partial charge on any atom is -0.351 e. The van der Waals surface area contributed by atoms with E-state index >= 15 is 0 Å². The van der Waals surface area contributed by atoms with E-state index in [4.69, 9.17) is 12.2 Å². The molecule has 1 N–H and O–H groups in total. The van der Waals surface area contributed by atoms with Crippen LogP contribution in [0.15, 0.2) is 67.1 Å². The van der Waals surface area contributed by atoms with Gasteiger partial charge in [-0.2, -0.15) is 0 Å². The molecule has 0 spiro atoms. The predicted octanol–water partition coefficient (Wildman–Crippen LogP) is 5.74. The highest BCUT2D eigenvalue weighted by Gasteiger charge is 2.41. The Morgan fingerprint density at radius 3 is 2.57 bits per heavy atom. The molecule has 2 atom stereocenters. The normalized spacial score (nSPS) is 21.9. The molecule has 0 bridgehead atoms. The molecule has 2 aromatic heterocycles. The number of hydrogen-bond donors (Lipinski definition) is 1. The molecule has 1 aliphatic heterocycles. The van der Waals surface area contributed by atoms with Crippen LogP contribution in [0, 0.1) is 0 Å². The van der Waals surface area contributed by atoms with Crippen LogP contribution in [0.25, 0.3) is 0 Å². The standard InChI is InChI=1S/C25H28N4S/c1-2-18-10-12-21(13-11-18)29-24(19-14-16-28(17-19)20-7-3-4-8-20)23(27-25(29)30)22-9-5-6-15-26-22/h5-6,9-17,20,23-24H,2-4,7-8H2,1H3,(H,27,30)/t23-,24-/m1/s1. The number of anilines is 1. The number of nitrogens with zero attached hydrogens (tertiary/aromatic N) is 3. The van der Waals surface area contributed by atoms with E-state index in [-0.39, 0.29) is 12.1 Å². The molecule has 5 heteroatoms. The van der Waals surface area contributed by atoms with Gasteiger partial charge >= 0.3 is 0 Å². The fraction of sp³-hybridized carbons (Fsp3) is 0.360. The van der Waals surface area contributed by atoms with Gasteiger partial charge in [0.2, 0.25) is 0 Å². The fourth-order valence-electron chi connectivity index (χ4n) is 4.90. The first kappa shape index (κ1) is 19.3. The molecule has 30 heavy (non-hydrogen) atoms. The Labute approximate surface area is 183 Å². The molecule has 1 saturated carbocycles. The Kier molecular flexibility index (Phi) is 5.30. The van der Waals surface area contributed by atoms with Crippen LogP contribution >= 0.6 is 12.2 Å². The Morgan fingerprint density at radius 2 is 1.87 bits per heavy atom. The molecule has 0 radical (unpaired) electrons. The van der Waals surface area contributed by atoms with Gasteiger partial charge in [0.1, 0.15) is 0 Å². The highest BCUT2D eigenvalue weighted by atomic mass is 32.1. The van der Waals surface area contributed by atoms with Gasteiger partial charge in [0, 0.05) is 30.3 Å². The van der Waals surface area contributed by atoms with E-state index < -0.39 is 0 Å². The highest BCUT2D eigenvalue weighted by Crippen LogP contribution is 2.42. The highest BCUT2D eigenvalue weighted by molar-refractivity contribution is 7.80. The molecule has 3 aromatic rings. The lowest BCUT2D eigenvalue weighted by Gasteiger charge is -2.27. The van der Waals surface area contributed by atoms with Crippen LogP contribution in [0.3, 0.4) is 0 Å². The Morgan fingerprint density at radius 1 is 1.07 bits per heavy atom. The zero-order chi connectivity index (χ0) is 20.5. The Balaban J connectivity index is 1.55. The molecular formula is C25H28N4S. The zero-order valence-electron chi connectivity index (χ0n) is 17.4. The van der Waals surface area contributed by atoms with Crippen LogP contribution in [0.2, 0.25) is 0 Å². The maximum absolute atomic E-state index is 5.83. The average molecular weight is 417 g/mol. The molecule has 5 rings (SSSR count). The summed E-state index contributed by atoms with van der Waals surface area (Å²) < 4.78 is 2.41. The minimum atomic E-state index is 0.0176. The number of aromatic nitrogens is 2. The summed E-state index contributed by atoms with van der Waals surface area (Å²) in [6.45, 7) is 2.18. The largest absolute Gasteiger partial charge is 0.351 e. The first-order valence-corrected chi connectivity index (χ1v) is 11.4. The van der Waals surface area contributed by atoms with Crippen molar-refractivity contribution in [3.8, 4) is 0 Å². The van der Waals surface area contributed by atoms with Crippen molar-refractivity contribution in [1.29, 1.82) is 0 Å². The van der Waals surface area contributed by atoms with E-state index in [1.807, 2.05) is 18.3 Å². The fourth-order valence-corrected chi connectivity index (χ4v) is 5.24. The number of aryl methyl sites for hydroxylation is 1. The number of nitrogens with one attached hydrogen (secondary N) is 1. The van der Waals surface area contributed by atoms with Crippen LogP contribution in [-0.2, 0) is 6.42 Å². The second-order valence-electron chi connectivity index (χ2n) is 8.35. The smallest absolute Gasteiger partial charge is 0.174 e. The third-order valence-electron chi connectivity index (χ3n) is 6.55. The minimum absolute atomic E-state index is 0.0176. The van der Waals surface area contributed by atoms with Crippen molar-refractivity contribution in [2.24, 2.45) is 0 Å². The van der Waals surface area contributed by atoms with Crippen LogP contribution in [0.5, 0.6) is 0 Å². The molecule has 154 valence electrons. The van der Waals surface area contributed by atoms with Crippen molar-refractivity contribution in [3.63, 3.8) is 0 Å². The van der Waals surface area contributed by atoms with E-state index in [1.54, 1.807) is 0 Å². The molecule has 2 fully saturated rings. The van der Waals surface area contributed by atoms with Crippen LogP contribution in [0.1, 0.15) is 67.6 Å². The van der Waals surface area contributed by atoms with E-state index in [2.05, 4.69) is 75.5 Å². The van der Waals surface area contributed by atoms with E-state index in [1.165, 1.54) is 36.8 Å². The third-order valence-corrected chi connectivity index (χ3v) is 6.86. The lowest BCUT2D eigenvalue weighted by atomic mass is 9.98. The lowest BCUT2D eigenvalue weighted by Crippen LogP contribution is -2.29. The SMILES string of the molecule is CCc1ccc(N2C(=S)N[C@H](c3ccccn3)[C@H]2c2ccn(C3CCCC3)c2)cc1. The summed E-state index contributed by atoms with van der Waals surface area (Å²) in [4.78, 5) is 6.92. The number of pyridine rings is 1. The summed E-state index contributed by atoms with van der Waals surface area (Å²) in [6, 6.07) is 17.9. The van der Waals surface area contributed by atoms with Gasteiger partial charge in [0.05, 0.1) is 17.8 Å². The van der Waals surface area contributed by atoms with Gasteiger partial charge < -0.3 is 14.8 Å². The Bertz CT molecular complexity index is 1010. The summed E-state index contributed by atoms with van der Waals surface area (Å²) in [5, 5.41) is 4.32. The monoisotopic (exact) mass is 416 g/mol. The summed E-state index contributed by atoms with van der Waals surface area (Å²) in [7, 11) is 0. The van der Waals surface area contributed by atoms with E-state index in [9.17, 15) is 0 Å². The van der Waals surface area contributed by atoms with Crippen LogP contribution < -0.4 is 10.2 Å². The van der Waals surface area contributed by atoms with Crippen LogP contribution in [-0.4, -0.2) is 14.7 Å². The zero-order valence-corrected chi connectivity index (χ0v) is 18.2.